The van der Waals surface area contributed by atoms with Gasteiger partial charge in [0.05, 0.1) is 0 Å². The first-order valence-corrected chi connectivity index (χ1v) is 8.52. The smallest absolute Gasteiger partial charge is 0.0353 e. The van der Waals surface area contributed by atoms with E-state index >= 15 is 0 Å². The van der Waals surface area contributed by atoms with Crippen molar-refractivity contribution in [2.45, 2.75) is 103 Å². The number of hydrogen-bond donors (Lipinski definition) is 1. The van der Waals surface area contributed by atoms with Gasteiger partial charge in [0.2, 0.25) is 0 Å². The topological polar surface area (TPSA) is 35.0 Å². The van der Waals surface area contributed by atoms with Crippen LogP contribution in [-0.2, 0) is 0 Å². The fourth-order valence-electron chi connectivity index (χ4n) is 2.48. The molecule has 0 aliphatic heterocycles. The molecule has 0 aromatic rings. The zero-order chi connectivity index (χ0) is 13.3. The van der Waals surface area contributed by atoms with Gasteiger partial charge in [-0.25, -0.2) is 0 Å². The molecule has 0 unspecified atom stereocenters. The van der Waals surface area contributed by atoms with Gasteiger partial charge in [-0.05, 0) is 12.8 Å². The molecule has 0 fully saturated rings. The van der Waals surface area contributed by atoms with Gasteiger partial charge < -0.3 is 6.15 Å². The van der Waals surface area contributed by atoms with Crippen LogP contribution in [0.5, 0.6) is 0 Å². The van der Waals surface area contributed by atoms with Crippen LogP contribution in [0.15, 0.2) is 12.7 Å². The van der Waals surface area contributed by atoms with E-state index in [9.17, 15) is 0 Å². The van der Waals surface area contributed by atoms with Crippen LogP contribution in [-0.4, -0.2) is 0 Å². The molecule has 1 nitrogen and oxygen atoms in total. The minimum atomic E-state index is 0. The highest BCUT2D eigenvalue weighted by Crippen LogP contribution is 2.13. The Morgan fingerprint density at radius 3 is 1.20 bits per heavy atom. The van der Waals surface area contributed by atoms with Crippen molar-refractivity contribution in [1.82, 2.24) is 6.15 Å². The van der Waals surface area contributed by atoms with E-state index in [4.69, 9.17) is 0 Å². The molecular formula is C18H40FN. The quantitative estimate of drug-likeness (QED) is 0.248. The summed E-state index contributed by atoms with van der Waals surface area (Å²) in [5, 5.41) is 0. The summed E-state index contributed by atoms with van der Waals surface area (Å²) in [4.78, 5) is 0. The van der Waals surface area contributed by atoms with Gasteiger partial charge in [-0.2, -0.15) is 0 Å². The maximum atomic E-state index is 3.76. The van der Waals surface area contributed by atoms with Crippen molar-refractivity contribution in [2.24, 2.45) is 0 Å². The average Bonchev–Trinajstić information content (AvgIpc) is 2.39. The molecule has 0 saturated carbocycles. The molecule has 0 heterocycles. The predicted molar refractivity (Wildman–Crippen MR) is 92.7 cm³/mol. The predicted octanol–water partition coefficient (Wildman–Crippen LogP) is 7.36. The van der Waals surface area contributed by atoms with Crippen molar-refractivity contribution in [3.05, 3.63) is 12.7 Å². The number of halogens is 1. The van der Waals surface area contributed by atoms with Gasteiger partial charge in [0.1, 0.15) is 0 Å². The number of unbranched alkanes of at least 4 members (excludes halogenated alkanes) is 14. The van der Waals surface area contributed by atoms with Crippen molar-refractivity contribution < 1.29 is 4.70 Å². The Balaban J connectivity index is -0.00000144. The van der Waals surface area contributed by atoms with E-state index in [1.54, 1.807) is 0 Å². The summed E-state index contributed by atoms with van der Waals surface area (Å²) < 4.78 is 0. The Kier molecular flexibility index (Phi) is 29.2. The van der Waals surface area contributed by atoms with Gasteiger partial charge in [0, 0.05) is 0 Å². The first-order chi connectivity index (χ1) is 8.91. The fourth-order valence-corrected chi connectivity index (χ4v) is 2.48. The summed E-state index contributed by atoms with van der Waals surface area (Å²) in [5.41, 5.74) is 0. The molecule has 0 aliphatic rings. The lowest BCUT2D eigenvalue weighted by molar-refractivity contribution is 0.536. The molecule has 2 heteroatoms. The molecule has 0 atom stereocenters. The average molecular weight is 290 g/mol. The maximum absolute atomic E-state index is 3.76. The molecule has 0 spiro atoms. The van der Waals surface area contributed by atoms with Crippen molar-refractivity contribution in [1.29, 1.82) is 0 Å². The van der Waals surface area contributed by atoms with E-state index in [0.717, 1.165) is 0 Å². The zero-order valence-corrected chi connectivity index (χ0v) is 14.0. The second-order valence-corrected chi connectivity index (χ2v) is 5.67. The summed E-state index contributed by atoms with van der Waals surface area (Å²) in [6, 6.07) is 0. The molecule has 0 saturated heterocycles. The lowest BCUT2D eigenvalue weighted by Gasteiger charge is -2.02. The number of allylic oxidation sites excluding steroid dienone is 1. The first kappa shape index (κ1) is 24.6. The van der Waals surface area contributed by atoms with E-state index in [2.05, 4.69) is 13.5 Å². The largest absolute Gasteiger partial charge is 0.344 e. The van der Waals surface area contributed by atoms with Crippen LogP contribution in [0.3, 0.4) is 0 Å². The molecular weight excluding hydrogens is 249 g/mol. The van der Waals surface area contributed by atoms with Crippen LogP contribution in [0.4, 0.5) is 4.70 Å². The number of rotatable bonds is 15. The molecule has 3 N–H and O–H groups in total. The third-order valence-electron chi connectivity index (χ3n) is 3.76. The van der Waals surface area contributed by atoms with E-state index in [0.29, 0.717) is 0 Å². The van der Waals surface area contributed by atoms with Gasteiger partial charge in [-0.3, -0.25) is 4.70 Å². The Labute approximate surface area is 127 Å². The Morgan fingerprint density at radius 2 is 0.900 bits per heavy atom. The monoisotopic (exact) mass is 289 g/mol. The van der Waals surface area contributed by atoms with Crippen LogP contribution in [0.2, 0.25) is 0 Å². The highest BCUT2D eigenvalue weighted by Gasteiger charge is 1.93. The summed E-state index contributed by atoms with van der Waals surface area (Å²) in [6.45, 7) is 6.05. The highest BCUT2D eigenvalue weighted by atomic mass is 19.0. The van der Waals surface area contributed by atoms with Crippen LogP contribution in [0.1, 0.15) is 103 Å². The van der Waals surface area contributed by atoms with Crippen molar-refractivity contribution in [2.75, 3.05) is 0 Å². The second-order valence-electron chi connectivity index (χ2n) is 5.67. The Morgan fingerprint density at radius 1 is 0.600 bits per heavy atom. The summed E-state index contributed by atoms with van der Waals surface area (Å²) in [5.74, 6) is 0. The number of hydrogen-bond acceptors (Lipinski definition) is 1. The molecule has 0 radical (unpaired) electrons. The van der Waals surface area contributed by atoms with Crippen LogP contribution in [0.25, 0.3) is 0 Å². The van der Waals surface area contributed by atoms with E-state index in [1.165, 1.54) is 96.3 Å². The third-order valence-corrected chi connectivity index (χ3v) is 3.76. The third kappa shape index (κ3) is 22.8. The molecule has 124 valence electrons. The van der Waals surface area contributed by atoms with Gasteiger partial charge in [-0.1, -0.05) is 96.5 Å². The maximum Gasteiger partial charge on any atom is -0.0353 e. The molecule has 0 aromatic heterocycles. The van der Waals surface area contributed by atoms with E-state index in [-0.39, 0.29) is 10.9 Å². The van der Waals surface area contributed by atoms with Crippen molar-refractivity contribution in [3.63, 3.8) is 0 Å². The summed E-state index contributed by atoms with van der Waals surface area (Å²) in [6.07, 6.45) is 23.5. The summed E-state index contributed by atoms with van der Waals surface area (Å²) in [7, 11) is 0. The Bertz CT molecular complexity index is 159. The van der Waals surface area contributed by atoms with Gasteiger partial charge >= 0.3 is 0 Å². The Hall–Kier alpha value is -0.370. The van der Waals surface area contributed by atoms with Crippen molar-refractivity contribution in [3.8, 4) is 0 Å². The van der Waals surface area contributed by atoms with Crippen LogP contribution < -0.4 is 6.15 Å². The normalized spacial score (nSPS) is 9.65. The van der Waals surface area contributed by atoms with Crippen LogP contribution >= 0.6 is 0 Å². The second kappa shape index (κ2) is 23.7. The fraction of sp³-hybridized carbons (Fsp3) is 0.889. The minimum Gasteiger partial charge on any atom is -0.344 e. The molecule has 0 amide bonds. The van der Waals surface area contributed by atoms with E-state index < -0.39 is 0 Å². The van der Waals surface area contributed by atoms with E-state index in [1.807, 2.05) is 6.08 Å². The molecule has 0 aromatic carbocycles. The minimum absolute atomic E-state index is 0. The molecule has 20 heavy (non-hydrogen) atoms. The van der Waals surface area contributed by atoms with Gasteiger partial charge in [0.15, 0.2) is 0 Å². The summed E-state index contributed by atoms with van der Waals surface area (Å²) >= 11 is 0. The lowest BCUT2D eigenvalue weighted by Crippen LogP contribution is -1.83. The molecule has 0 rings (SSSR count). The van der Waals surface area contributed by atoms with Gasteiger partial charge in [-0.15, -0.1) is 6.58 Å². The van der Waals surface area contributed by atoms with Gasteiger partial charge in [0.25, 0.3) is 0 Å². The van der Waals surface area contributed by atoms with Crippen molar-refractivity contribution >= 4 is 0 Å². The lowest BCUT2D eigenvalue weighted by atomic mass is 10.0. The molecule has 0 aliphatic carbocycles. The van der Waals surface area contributed by atoms with Crippen LogP contribution in [0, 0.1) is 0 Å². The standard InChI is InChI=1S/C18H36.FH.H3N/c1-3-5-7-9-11-13-15-17-18-16-14-12-10-8-6-4-2;;/h3H,1,4-18H2,2H3;1H;1H3. The molecule has 0 bridgehead atoms. The SMILES string of the molecule is C=CCCCCCCCCCCCCCCCC.F.N. The zero-order valence-electron chi connectivity index (χ0n) is 14.0. The highest BCUT2D eigenvalue weighted by molar-refractivity contribution is 4.65. The first-order valence-electron chi connectivity index (χ1n) is 8.52.